The van der Waals surface area contributed by atoms with Crippen LogP contribution in [0.1, 0.15) is 55.6 Å². The average Bonchev–Trinajstić information content (AvgIpc) is 2.35. The first-order valence-electron chi connectivity index (χ1n) is 7.14. The molecule has 2 saturated carbocycles. The molecule has 2 aliphatic carbocycles. The Bertz CT molecular complexity index is 518. The van der Waals surface area contributed by atoms with Gasteiger partial charge in [-0.25, -0.2) is 17.6 Å². The molecular formula is C16H18F4. The molecule has 20 heavy (non-hydrogen) atoms. The van der Waals surface area contributed by atoms with Crippen molar-refractivity contribution in [2.24, 2.45) is 5.41 Å². The molecule has 110 valence electrons. The standard InChI is InChI=1S/C16H18F4/c1-10-12(2-3-13(17)14(10)18)11-4-6-15(7-5-11)8-16(19,20)9-15/h2-3,11H,4-9H2,1H3. The van der Waals surface area contributed by atoms with Crippen LogP contribution in [0.15, 0.2) is 12.1 Å². The highest BCUT2D eigenvalue weighted by atomic mass is 19.3. The summed E-state index contributed by atoms with van der Waals surface area (Å²) in [6, 6.07) is 2.81. The van der Waals surface area contributed by atoms with E-state index in [2.05, 4.69) is 0 Å². The fourth-order valence-corrected chi connectivity index (χ4v) is 4.05. The Morgan fingerprint density at radius 1 is 1.05 bits per heavy atom. The summed E-state index contributed by atoms with van der Waals surface area (Å²) in [5.74, 6) is -3.91. The molecule has 1 spiro atoms. The van der Waals surface area contributed by atoms with Gasteiger partial charge in [0.2, 0.25) is 5.92 Å². The molecule has 0 saturated heterocycles. The second-order valence-corrected chi connectivity index (χ2v) is 6.56. The van der Waals surface area contributed by atoms with Crippen LogP contribution < -0.4 is 0 Å². The highest BCUT2D eigenvalue weighted by Gasteiger charge is 2.56. The average molecular weight is 286 g/mol. The van der Waals surface area contributed by atoms with Gasteiger partial charge in [-0.1, -0.05) is 6.07 Å². The van der Waals surface area contributed by atoms with Crippen LogP contribution in [0.3, 0.4) is 0 Å². The highest BCUT2D eigenvalue weighted by molar-refractivity contribution is 5.32. The molecule has 0 unspecified atom stereocenters. The molecule has 2 fully saturated rings. The third-order valence-corrected chi connectivity index (χ3v) is 5.13. The summed E-state index contributed by atoms with van der Waals surface area (Å²) in [5.41, 5.74) is 1.02. The minimum absolute atomic E-state index is 0.00345. The lowest BCUT2D eigenvalue weighted by Gasteiger charge is -2.51. The SMILES string of the molecule is Cc1c(C2CCC3(CC2)CC(F)(F)C3)ccc(F)c1F. The van der Waals surface area contributed by atoms with Crippen molar-refractivity contribution in [3.05, 3.63) is 34.9 Å². The number of rotatable bonds is 1. The molecule has 0 amide bonds. The number of halogens is 4. The maximum absolute atomic E-state index is 13.6. The summed E-state index contributed by atoms with van der Waals surface area (Å²) in [5, 5.41) is 0. The van der Waals surface area contributed by atoms with Crippen LogP contribution in [-0.4, -0.2) is 5.92 Å². The van der Waals surface area contributed by atoms with Gasteiger partial charge in [0.15, 0.2) is 11.6 Å². The predicted octanol–water partition coefficient (Wildman–Crippen LogP) is 5.35. The van der Waals surface area contributed by atoms with Crippen LogP contribution in [0.2, 0.25) is 0 Å². The molecule has 0 bridgehead atoms. The lowest BCUT2D eigenvalue weighted by molar-refractivity contribution is -0.173. The first kappa shape index (κ1) is 13.9. The Kier molecular flexibility index (Phi) is 3.11. The minimum atomic E-state index is -2.48. The summed E-state index contributed by atoms with van der Waals surface area (Å²) in [6.07, 6.45) is 3.13. The quantitative estimate of drug-likeness (QED) is 0.611. The predicted molar refractivity (Wildman–Crippen MR) is 68.9 cm³/mol. The first-order chi connectivity index (χ1) is 9.32. The topological polar surface area (TPSA) is 0 Å². The van der Waals surface area contributed by atoms with Gasteiger partial charge in [0.25, 0.3) is 0 Å². The summed E-state index contributed by atoms with van der Waals surface area (Å²) in [4.78, 5) is 0. The molecule has 0 heterocycles. The van der Waals surface area contributed by atoms with E-state index in [1.54, 1.807) is 13.0 Å². The van der Waals surface area contributed by atoms with Gasteiger partial charge in [-0.3, -0.25) is 0 Å². The van der Waals surface area contributed by atoms with E-state index in [0.29, 0.717) is 5.56 Å². The van der Waals surface area contributed by atoms with E-state index in [1.807, 2.05) is 0 Å². The summed E-state index contributed by atoms with van der Waals surface area (Å²) in [7, 11) is 0. The van der Waals surface area contributed by atoms with Crippen molar-refractivity contribution in [2.75, 3.05) is 0 Å². The second-order valence-electron chi connectivity index (χ2n) is 6.56. The number of hydrogen-bond acceptors (Lipinski definition) is 0. The highest BCUT2D eigenvalue weighted by Crippen LogP contribution is 2.60. The van der Waals surface area contributed by atoms with Gasteiger partial charge in [0, 0.05) is 12.8 Å². The van der Waals surface area contributed by atoms with Gasteiger partial charge >= 0.3 is 0 Å². The van der Waals surface area contributed by atoms with Crippen molar-refractivity contribution in [1.29, 1.82) is 0 Å². The smallest absolute Gasteiger partial charge is 0.207 e. The Hall–Kier alpha value is -1.06. The van der Waals surface area contributed by atoms with Crippen LogP contribution in [-0.2, 0) is 0 Å². The van der Waals surface area contributed by atoms with E-state index < -0.39 is 17.6 Å². The summed E-state index contributed by atoms with van der Waals surface area (Å²) in [6.45, 7) is 1.59. The maximum atomic E-state index is 13.6. The first-order valence-corrected chi connectivity index (χ1v) is 7.14. The molecule has 0 nitrogen and oxygen atoms in total. The Balaban J connectivity index is 1.72. The lowest BCUT2D eigenvalue weighted by atomic mass is 9.56. The monoisotopic (exact) mass is 286 g/mol. The molecule has 2 aliphatic rings. The van der Waals surface area contributed by atoms with Gasteiger partial charge in [-0.05, 0) is 61.1 Å². The normalized spacial score (nSPS) is 24.6. The molecule has 1 aromatic carbocycles. The number of hydrogen-bond donors (Lipinski definition) is 0. The van der Waals surface area contributed by atoms with Crippen molar-refractivity contribution in [3.63, 3.8) is 0 Å². The molecule has 0 aromatic heterocycles. The van der Waals surface area contributed by atoms with Gasteiger partial charge in [-0.15, -0.1) is 0 Å². The third-order valence-electron chi connectivity index (χ3n) is 5.13. The maximum Gasteiger partial charge on any atom is 0.249 e. The van der Waals surface area contributed by atoms with E-state index in [1.165, 1.54) is 6.07 Å². The third kappa shape index (κ3) is 2.23. The zero-order valence-corrected chi connectivity index (χ0v) is 11.5. The second kappa shape index (κ2) is 4.47. The van der Waals surface area contributed by atoms with E-state index in [4.69, 9.17) is 0 Å². The van der Waals surface area contributed by atoms with Crippen LogP contribution in [0, 0.1) is 24.0 Å². The van der Waals surface area contributed by atoms with Crippen molar-refractivity contribution >= 4 is 0 Å². The zero-order chi connectivity index (χ0) is 14.5. The molecule has 0 N–H and O–H groups in total. The number of benzene rings is 1. The van der Waals surface area contributed by atoms with E-state index in [9.17, 15) is 17.6 Å². The van der Waals surface area contributed by atoms with E-state index >= 15 is 0 Å². The van der Waals surface area contributed by atoms with Gasteiger partial charge in [0.05, 0.1) is 0 Å². The Morgan fingerprint density at radius 2 is 1.65 bits per heavy atom. The van der Waals surface area contributed by atoms with Crippen LogP contribution in [0.4, 0.5) is 17.6 Å². The molecule has 1 aromatic rings. The summed E-state index contributed by atoms with van der Waals surface area (Å²) < 4.78 is 52.9. The lowest BCUT2D eigenvalue weighted by Crippen LogP contribution is -2.47. The van der Waals surface area contributed by atoms with Gasteiger partial charge in [0.1, 0.15) is 0 Å². The van der Waals surface area contributed by atoms with Crippen LogP contribution in [0.25, 0.3) is 0 Å². The van der Waals surface area contributed by atoms with Gasteiger partial charge in [-0.2, -0.15) is 0 Å². The molecule has 3 rings (SSSR count). The van der Waals surface area contributed by atoms with Crippen molar-refractivity contribution in [2.45, 2.75) is 57.3 Å². The molecule has 0 atom stereocenters. The zero-order valence-electron chi connectivity index (χ0n) is 11.5. The Labute approximate surface area is 116 Å². The van der Waals surface area contributed by atoms with Crippen molar-refractivity contribution in [1.82, 2.24) is 0 Å². The minimum Gasteiger partial charge on any atom is -0.207 e. The van der Waals surface area contributed by atoms with Crippen LogP contribution >= 0.6 is 0 Å². The Morgan fingerprint density at radius 3 is 2.20 bits per heavy atom. The molecular weight excluding hydrogens is 268 g/mol. The van der Waals surface area contributed by atoms with Crippen molar-refractivity contribution in [3.8, 4) is 0 Å². The number of alkyl halides is 2. The fourth-order valence-electron chi connectivity index (χ4n) is 4.05. The summed E-state index contributed by atoms with van der Waals surface area (Å²) >= 11 is 0. The van der Waals surface area contributed by atoms with Crippen molar-refractivity contribution < 1.29 is 17.6 Å². The molecule has 0 radical (unpaired) electrons. The van der Waals surface area contributed by atoms with Gasteiger partial charge < -0.3 is 0 Å². The molecule has 4 heteroatoms. The fraction of sp³-hybridized carbons (Fsp3) is 0.625. The largest absolute Gasteiger partial charge is 0.249 e. The molecule has 0 aliphatic heterocycles. The van der Waals surface area contributed by atoms with Crippen LogP contribution in [0.5, 0.6) is 0 Å². The van der Waals surface area contributed by atoms with E-state index in [0.717, 1.165) is 31.2 Å². The van der Waals surface area contributed by atoms with E-state index in [-0.39, 0.29) is 24.2 Å².